The van der Waals surface area contributed by atoms with Gasteiger partial charge in [0.2, 0.25) is 17.7 Å². The van der Waals surface area contributed by atoms with E-state index in [0.29, 0.717) is 32.7 Å². The van der Waals surface area contributed by atoms with E-state index in [-0.39, 0.29) is 43.2 Å². The number of nitrogens with zero attached hydrogens (tertiary/aromatic N) is 1. The van der Waals surface area contributed by atoms with Crippen LogP contribution in [0.15, 0.2) is 54.6 Å². The molecule has 1 saturated heterocycles. The van der Waals surface area contributed by atoms with Crippen LogP contribution in [0.25, 0.3) is 0 Å². The van der Waals surface area contributed by atoms with Crippen LogP contribution < -0.4 is 16.0 Å². The number of carboxylic acid groups (broad SMARTS) is 1. The largest absolute Gasteiger partial charge is 0.480 e. The lowest BCUT2D eigenvalue weighted by molar-refractivity contribution is -0.142. The van der Waals surface area contributed by atoms with Crippen LogP contribution in [-0.4, -0.2) is 84.7 Å². The van der Waals surface area contributed by atoms with Gasteiger partial charge in [0.05, 0.1) is 25.3 Å². The Morgan fingerprint density at radius 3 is 2.02 bits per heavy atom. The van der Waals surface area contributed by atoms with Crippen molar-refractivity contribution < 1.29 is 42.2 Å². The molecular formula is C32H41F3N4O6. The van der Waals surface area contributed by atoms with Gasteiger partial charge in [0.1, 0.15) is 18.1 Å². The standard InChI is InChI=1S/C32H41F3N4O6/c1-21(2)18-26(30(42)38-27(31(43)44)19-23-8-11-24(12-9-23)32(33,34)35)37-29(41)25(13-10-22-6-4-3-5-7-22)36-28(40)20-39-14-16-45-17-15-39/h3-9,11-12,21,25-27H,10,13-20H2,1-2H3,(H,36,40)(H,37,41)(H,38,42)(H,43,44)/t25-,26?,27-/m0/s1. The molecule has 1 fully saturated rings. The minimum Gasteiger partial charge on any atom is -0.480 e. The van der Waals surface area contributed by atoms with Gasteiger partial charge in [0.25, 0.3) is 0 Å². The van der Waals surface area contributed by atoms with Crippen molar-refractivity contribution in [1.29, 1.82) is 0 Å². The smallest absolute Gasteiger partial charge is 0.416 e. The first-order valence-electron chi connectivity index (χ1n) is 14.9. The zero-order valence-electron chi connectivity index (χ0n) is 25.4. The molecule has 3 atom stereocenters. The number of benzene rings is 2. The fraction of sp³-hybridized carbons (Fsp3) is 0.500. The number of hydrogen-bond acceptors (Lipinski definition) is 6. The number of amides is 3. The second-order valence-electron chi connectivity index (χ2n) is 11.5. The summed E-state index contributed by atoms with van der Waals surface area (Å²) in [6, 6.07) is 9.89. The minimum absolute atomic E-state index is 0.0714. The summed E-state index contributed by atoms with van der Waals surface area (Å²) in [5.74, 6) is -3.14. The molecule has 4 N–H and O–H groups in total. The SMILES string of the molecule is CC(C)CC(NC(=O)[C@H](CCc1ccccc1)NC(=O)CN1CCOCC1)C(=O)N[C@@H](Cc1ccc(C(F)(F)F)cc1)C(=O)O. The van der Waals surface area contributed by atoms with Crippen LogP contribution in [0.2, 0.25) is 0 Å². The van der Waals surface area contributed by atoms with E-state index >= 15 is 0 Å². The molecule has 3 amide bonds. The molecule has 2 aromatic carbocycles. The fourth-order valence-corrected chi connectivity index (χ4v) is 4.94. The molecule has 1 unspecified atom stereocenters. The second-order valence-corrected chi connectivity index (χ2v) is 11.5. The predicted molar refractivity (Wildman–Crippen MR) is 160 cm³/mol. The zero-order valence-corrected chi connectivity index (χ0v) is 25.4. The molecule has 1 aliphatic heterocycles. The lowest BCUT2D eigenvalue weighted by Gasteiger charge is -2.28. The van der Waals surface area contributed by atoms with Crippen molar-refractivity contribution in [1.82, 2.24) is 20.9 Å². The van der Waals surface area contributed by atoms with Crippen LogP contribution in [0.4, 0.5) is 13.2 Å². The normalized spacial score (nSPS) is 16.0. The summed E-state index contributed by atoms with van der Waals surface area (Å²) < 4.78 is 44.1. The second kappa shape index (κ2) is 16.9. The van der Waals surface area contributed by atoms with Crippen molar-refractivity contribution in [2.75, 3.05) is 32.8 Å². The number of nitrogens with one attached hydrogen (secondary N) is 3. The maximum Gasteiger partial charge on any atom is 0.416 e. The molecule has 13 heteroatoms. The molecule has 10 nitrogen and oxygen atoms in total. The highest BCUT2D eigenvalue weighted by Gasteiger charge is 2.32. The number of alkyl halides is 3. The van der Waals surface area contributed by atoms with Crippen molar-refractivity contribution in [2.45, 2.75) is 63.8 Å². The Morgan fingerprint density at radius 1 is 0.844 bits per heavy atom. The van der Waals surface area contributed by atoms with Crippen LogP contribution in [0.1, 0.15) is 43.4 Å². The highest BCUT2D eigenvalue weighted by atomic mass is 19.4. The van der Waals surface area contributed by atoms with Crippen LogP contribution in [0.5, 0.6) is 0 Å². The van der Waals surface area contributed by atoms with Gasteiger partial charge >= 0.3 is 12.1 Å². The number of halogens is 3. The number of hydrogen-bond donors (Lipinski definition) is 4. The average molecular weight is 635 g/mol. The van der Waals surface area contributed by atoms with Gasteiger partial charge in [-0.05, 0) is 48.4 Å². The first-order valence-corrected chi connectivity index (χ1v) is 14.9. The van der Waals surface area contributed by atoms with Crippen molar-refractivity contribution in [3.63, 3.8) is 0 Å². The molecule has 0 aromatic heterocycles. The lowest BCUT2D eigenvalue weighted by Crippen LogP contribution is -2.57. The van der Waals surface area contributed by atoms with Crippen LogP contribution in [0, 0.1) is 5.92 Å². The summed E-state index contributed by atoms with van der Waals surface area (Å²) in [6.07, 6.45) is -3.89. The average Bonchev–Trinajstić information content (AvgIpc) is 2.99. The highest BCUT2D eigenvalue weighted by Crippen LogP contribution is 2.29. The number of morpholine rings is 1. The molecule has 3 rings (SSSR count). The van der Waals surface area contributed by atoms with Gasteiger partial charge in [-0.1, -0.05) is 56.3 Å². The molecule has 0 radical (unpaired) electrons. The number of carboxylic acids is 1. The Hall–Kier alpha value is -3.97. The molecule has 0 spiro atoms. The fourth-order valence-electron chi connectivity index (χ4n) is 4.94. The third kappa shape index (κ3) is 12.1. The molecule has 0 saturated carbocycles. The van der Waals surface area contributed by atoms with Crippen molar-refractivity contribution in [3.05, 3.63) is 71.3 Å². The van der Waals surface area contributed by atoms with E-state index in [9.17, 15) is 37.5 Å². The van der Waals surface area contributed by atoms with E-state index in [2.05, 4.69) is 16.0 Å². The predicted octanol–water partition coefficient (Wildman–Crippen LogP) is 2.80. The Morgan fingerprint density at radius 2 is 1.44 bits per heavy atom. The molecule has 45 heavy (non-hydrogen) atoms. The van der Waals surface area contributed by atoms with Gasteiger partial charge in [-0.15, -0.1) is 0 Å². The summed E-state index contributed by atoms with van der Waals surface area (Å²) in [5, 5.41) is 17.7. The highest BCUT2D eigenvalue weighted by molar-refractivity contribution is 5.93. The van der Waals surface area contributed by atoms with Gasteiger partial charge in [-0.25, -0.2) is 4.79 Å². The van der Waals surface area contributed by atoms with E-state index in [1.807, 2.05) is 49.1 Å². The topological polar surface area (TPSA) is 137 Å². The maximum atomic E-state index is 13.6. The van der Waals surface area contributed by atoms with E-state index in [0.717, 1.165) is 29.8 Å². The van der Waals surface area contributed by atoms with E-state index in [4.69, 9.17) is 4.74 Å². The Balaban J connectivity index is 1.71. The molecule has 0 aliphatic carbocycles. The molecule has 1 heterocycles. The summed E-state index contributed by atoms with van der Waals surface area (Å²) in [6.45, 7) is 5.93. The zero-order chi connectivity index (χ0) is 33.0. The number of rotatable bonds is 15. The first kappa shape index (κ1) is 35.5. The number of carbonyl (C=O) groups excluding carboxylic acids is 3. The van der Waals surface area contributed by atoms with E-state index in [1.54, 1.807) is 0 Å². The van der Waals surface area contributed by atoms with Crippen molar-refractivity contribution in [3.8, 4) is 0 Å². The maximum absolute atomic E-state index is 13.6. The number of aliphatic carboxylic acids is 1. The van der Waals surface area contributed by atoms with Gasteiger partial charge in [0, 0.05) is 19.5 Å². The summed E-state index contributed by atoms with van der Waals surface area (Å²) in [4.78, 5) is 53.8. The van der Waals surface area contributed by atoms with Crippen molar-refractivity contribution >= 4 is 23.7 Å². The van der Waals surface area contributed by atoms with Gasteiger partial charge in [-0.3, -0.25) is 19.3 Å². The summed E-state index contributed by atoms with van der Waals surface area (Å²) in [7, 11) is 0. The third-order valence-corrected chi connectivity index (χ3v) is 7.36. The minimum atomic E-state index is -4.54. The number of carbonyl (C=O) groups is 4. The Kier molecular flexibility index (Phi) is 13.4. The molecule has 2 aromatic rings. The number of aryl methyl sites for hydroxylation is 1. The van der Waals surface area contributed by atoms with Crippen LogP contribution in [-0.2, 0) is 42.9 Å². The van der Waals surface area contributed by atoms with Crippen LogP contribution >= 0.6 is 0 Å². The molecule has 0 bridgehead atoms. The third-order valence-electron chi connectivity index (χ3n) is 7.36. The van der Waals surface area contributed by atoms with Gasteiger partial charge < -0.3 is 25.8 Å². The van der Waals surface area contributed by atoms with Gasteiger partial charge in [-0.2, -0.15) is 13.2 Å². The van der Waals surface area contributed by atoms with Crippen LogP contribution in [0.3, 0.4) is 0 Å². The quantitative estimate of drug-likeness (QED) is 0.237. The molecule has 246 valence electrons. The Bertz CT molecular complexity index is 1270. The van der Waals surface area contributed by atoms with E-state index < -0.39 is 47.6 Å². The molecule has 1 aliphatic rings. The lowest BCUT2D eigenvalue weighted by atomic mass is 9.99. The van der Waals surface area contributed by atoms with Crippen molar-refractivity contribution in [2.24, 2.45) is 5.92 Å². The number of ether oxygens (including phenoxy) is 1. The van der Waals surface area contributed by atoms with E-state index in [1.165, 1.54) is 0 Å². The summed E-state index contributed by atoms with van der Waals surface area (Å²) in [5.41, 5.74) is 0.367. The monoisotopic (exact) mass is 634 g/mol. The molecular weight excluding hydrogens is 593 g/mol. The summed E-state index contributed by atoms with van der Waals surface area (Å²) >= 11 is 0. The first-order chi connectivity index (χ1) is 21.3. The van der Waals surface area contributed by atoms with Gasteiger partial charge in [0.15, 0.2) is 0 Å². The Labute approximate surface area is 260 Å².